The number of hydrogen-bond donors (Lipinski definition) is 2. The van der Waals surface area contributed by atoms with E-state index in [4.69, 9.17) is 27.9 Å². The molecule has 4 heterocycles. The number of halogens is 2. The summed E-state index contributed by atoms with van der Waals surface area (Å²) < 4.78 is 6.53. The van der Waals surface area contributed by atoms with Crippen LogP contribution in [0.25, 0.3) is 10.9 Å². The van der Waals surface area contributed by atoms with Gasteiger partial charge in [-0.1, -0.05) is 23.2 Å². The van der Waals surface area contributed by atoms with Crippen molar-refractivity contribution < 1.29 is 4.74 Å². The maximum atomic E-state index is 6.51. The second-order valence-electron chi connectivity index (χ2n) is 7.57. The molecule has 0 atom stereocenters. The maximum absolute atomic E-state index is 6.51. The molecule has 9 heteroatoms. The topological polar surface area (TPSA) is 76.9 Å². The van der Waals surface area contributed by atoms with Gasteiger partial charge < -0.3 is 15.4 Å². The zero-order valence-electron chi connectivity index (χ0n) is 17.0. The van der Waals surface area contributed by atoms with Gasteiger partial charge >= 0.3 is 0 Å². The molecule has 2 saturated heterocycles. The summed E-state index contributed by atoms with van der Waals surface area (Å²) in [5.41, 5.74) is 2.71. The largest absolute Gasteiger partial charge is 0.381 e. The lowest BCUT2D eigenvalue weighted by Gasteiger charge is -2.24. The number of piperidine rings is 1. The van der Waals surface area contributed by atoms with Crippen molar-refractivity contribution in [2.75, 3.05) is 31.6 Å². The number of aromatic nitrogens is 4. The van der Waals surface area contributed by atoms with Crippen LogP contribution in [0.15, 0.2) is 24.5 Å². The molecule has 160 valence electrons. The quantitative estimate of drug-likeness (QED) is 0.605. The molecule has 0 radical (unpaired) electrons. The number of hydrogen-bond acceptors (Lipinski definition) is 6. The van der Waals surface area contributed by atoms with Crippen LogP contribution in [0.1, 0.15) is 37.2 Å². The minimum Gasteiger partial charge on any atom is -0.381 e. The molecule has 0 unspecified atom stereocenters. The Morgan fingerprint density at radius 2 is 1.90 bits per heavy atom. The van der Waals surface area contributed by atoms with E-state index in [0.717, 1.165) is 55.1 Å². The Morgan fingerprint density at radius 1 is 1.13 bits per heavy atom. The normalized spacial score (nSPS) is 17.0. The first-order valence-electron chi connectivity index (χ1n) is 10.3. The number of anilines is 2. The molecule has 1 aromatic carbocycles. The van der Waals surface area contributed by atoms with Gasteiger partial charge in [0.15, 0.2) is 0 Å². The number of rotatable bonds is 3. The van der Waals surface area contributed by atoms with Crippen molar-refractivity contribution in [2.24, 2.45) is 7.05 Å². The van der Waals surface area contributed by atoms with Crippen LogP contribution in [-0.4, -0.2) is 46.1 Å². The van der Waals surface area contributed by atoms with Gasteiger partial charge in [-0.3, -0.25) is 4.68 Å². The van der Waals surface area contributed by atoms with Crippen molar-refractivity contribution in [3.8, 4) is 0 Å². The number of aryl methyl sites for hydroxylation is 1. The fraction of sp³-hybridized carbons (Fsp3) is 0.476. The highest BCUT2D eigenvalue weighted by atomic mass is 35.5. The first-order valence-corrected chi connectivity index (χ1v) is 11.1. The van der Waals surface area contributed by atoms with Crippen LogP contribution in [0.3, 0.4) is 0 Å². The molecule has 0 aliphatic carbocycles. The van der Waals surface area contributed by atoms with Gasteiger partial charge in [-0.2, -0.15) is 5.10 Å². The Bertz CT molecular complexity index is 991. The molecule has 0 spiro atoms. The third kappa shape index (κ3) is 5.03. The predicted octanol–water partition coefficient (Wildman–Crippen LogP) is 4.68. The van der Waals surface area contributed by atoms with Gasteiger partial charge in [-0.25, -0.2) is 9.97 Å². The molecule has 2 fully saturated rings. The van der Waals surface area contributed by atoms with Crippen molar-refractivity contribution in [1.82, 2.24) is 25.1 Å². The fourth-order valence-corrected chi connectivity index (χ4v) is 4.18. The zero-order valence-corrected chi connectivity index (χ0v) is 18.5. The van der Waals surface area contributed by atoms with Crippen LogP contribution in [0.4, 0.5) is 11.6 Å². The summed E-state index contributed by atoms with van der Waals surface area (Å²) in [4.78, 5) is 8.97. The molecule has 2 N–H and O–H groups in total. The number of fused-ring (bicyclic) bond motifs is 1. The molecule has 3 aromatic rings. The number of nitrogens with one attached hydrogen (secondary N) is 2. The Morgan fingerprint density at radius 3 is 2.53 bits per heavy atom. The molecule has 7 nitrogen and oxygen atoms in total. The maximum Gasteiger partial charge on any atom is 0.227 e. The summed E-state index contributed by atoms with van der Waals surface area (Å²) in [7, 11) is 1.78. The molecule has 30 heavy (non-hydrogen) atoms. The van der Waals surface area contributed by atoms with Crippen molar-refractivity contribution in [2.45, 2.75) is 31.6 Å². The molecular formula is C21H26Cl2N6O. The van der Waals surface area contributed by atoms with E-state index in [1.165, 1.54) is 18.4 Å². The first-order chi connectivity index (χ1) is 14.6. The third-order valence-corrected chi connectivity index (χ3v) is 6.19. The van der Waals surface area contributed by atoms with E-state index in [2.05, 4.69) is 31.8 Å². The van der Waals surface area contributed by atoms with E-state index in [9.17, 15) is 0 Å². The third-order valence-electron chi connectivity index (χ3n) is 5.42. The summed E-state index contributed by atoms with van der Waals surface area (Å²) in [5.74, 6) is 0.957. The Balaban J connectivity index is 0.000000383. The monoisotopic (exact) mass is 448 g/mol. The van der Waals surface area contributed by atoms with Gasteiger partial charge in [0, 0.05) is 36.9 Å². The SMILES string of the molecule is C1CCOC1.Cn1ncc(Nc2ncc3cc(Cl)c(C4CCNCC4)cc3n2)c1Cl. The van der Waals surface area contributed by atoms with Gasteiger partial charge in [0.1, 0.15) is 5.15 Å². The summed E-state index contributed by atoms with van der Waals surface area (Å²) in [5, 5.41) is 12.8. The summed E-state index contributed by atoms with van der Waals surface area (Å²) >= 11 is 12.7. The fourth-order valence-electron chi connectivity index (χ4n) is 3.71. The van der Waals surface area contributed by atoms with E-state index in [1.807, 2.05) is 6.07 Å². The molecule has 2 aliphatic heterocycles. The van der Waals surface area contributed by atoms with Crippen LogP contribution in [-0.2, 0) is 11.8 Å². The molecule has 0 bridgehead atoms. The van der Waals surface area contributed by atoms with Gasteiger partial charge in [0.25, 0.3) is 0 Å². The molecule has 2 aromatic heterocycles. The van der Waals surface area contributed by atoms with E-state index in [0.29, 0.717) is 22.7 Å². The lowest BCUT2D eigenvalue weighted by Crippen LogP contribution is -2.26. The highest BCUT2D eigenvalue weighted by Crippen LogP contribution is 2.34. The van der Waals surface area contributed by atoms with Gasteiger partial charge in [0.2, 0.25) is 5.95 Å². The van der Waals surface area contributed by atoms with Crippen molar-refractivity contribution in [3.63, 3.8) is 0 Å². The van der Waals surface area contributed by atoms with E-state index >= 15 is 0 Å². The molecule has 2 aliphatic rings. The lowest BCUT2D eigenvalue weighted by molar-refractivity contribution is 0.198. The second kappa shape index (κ2) is 9.92. The van der Waals surface area contributed by atoms with E-state index in [1.54, 1.807) is 24.1 Å². The second-order valence-corrected chi connectivity index (χ2v) is 8.33. The summed E-state index contributed by atoms with van der Waals surface area (Å²) in [6.07, 6.45) is 8.16. The van der Waals surface area contributed by atoms with Crippen LogP contribution in [0.5, 0.6) is 0 Å². The van der Waals surface area contributed by atoms with Gasteiger partial charge in [0.05, 0.1) is 17.4 Å². The summed E-state index contributed by atoms with van der Waals surface area (Å²) in [6, 6.07) is 4.04. The van der Waals surface area contributed by atoms with Crippen LogP contribution in [0, 0.1) is 0 Å². The Kier molecular flexibility index (Phi) is 7.04. The number of nitrogens with zero attached hydrogens (tertiary/aromatic N) is 4. The van der Waals surface area contributed by atoms with Gasteiger partial charge in [-0.15, -0.1) is 0 Å². The van der Waals surface area contributed by atoms with Gasteiger partial charge in [-0.05, 0) is 62.4 Å². The number of benzene rings is 1. The minimum atomic E-state index is 0.470. The minimum absolute atomic E-state index is 0.470. The first kappa shape index (κ1) is 21.3. The van der Waals surface area contributed by atoms with Crippen molar-refractivity contribution >= 4 is 45.7 Å². The van der Waals surface area contributed by atoms with Crippen LogP contribution < -0.4 is 10.6 Å². The zero-order chi connectivity index (χ0) is 20.9. The average molecular weight is 449 g/mol. The van der Waals surface area contributed by atoms with Crippen molar-refractivity contribution in [3.05, 3.63) is 40.3 Å². The average Bonchev–Trinajstić information content (AvgIpc) is 3.45. The Labute approximate surface area is 186 Å². The van der Waals surface area contributed by atoms with E-state index < -0.39 is 0 Å². The standard InChI is InChI=1S/C17H18Cl2N6.C4H8O/c1-25-16(19)15(9-22-25)24-17-21-8-11-6-13(18)12(7-14(11)23-17)10-2-4-20-5-3-10;1-2-4-5-3-1/h6-10,20H,2-5H2,1H3,(H,21,23,24);1-4H2. The molecule has 5 rings (SSSR count). The molecule has 0 amide bonds. The summed E-state index contributed by atoms with van der Waals surface area (Å²) in [6.45, 7) is 4.05. The molecular weight excluding hydrogens is 423 g/mol. The highest BCUT2D eigenvalue weighted by molar-refractivity contribution is 6.32. The van der Waals surface area contributed by atoms with E-state index in [-0.39, 0.29) is 0 Å². The number of ether oxygens (including phenoxy) is 1. The highest BCUT2D eigenvalue weighted by Gasteiger charge is 2.19. The van der Waals surface area contributed by atoms with Crippen LogP contribution >= 0.6 is 23.2 Å². The van der Waals surface area contributed by atoms with Crippen molar-refractivity contribution in [1.29, 1.82) is 0 Å². The lowest BCUT2D eigenvalue weighted by atomic mass is 9.89. The Hall–Kier alpha value is -1.93. The predicted molar refractivity (Wildman–Crippen MR) is 121 cm³/mol. The van der Waals surface area contributed by atoms with Crippen LogP contribution in [0.2, 0.25) is 10.2 Å². The smallest absolute Gasteiger partial charge is 0.227 e. The molecule has 0 saturated carbocycles.